The van der Waals surface area contributed by atoms with Gasteiger partial charge in [-0.15, -0.1) is 23.1 Å². The van der Waals surface area contributed by atoms with Gasteiger partial charge in [-0.05, 0) is 43.7 Å². The topological polar surface area (TPSA) is 55.4 Å². The second kappa shape index (κ2) is 8.55. The van der Waals surface area contributed by atoms with Gasteiger partial charge in [-0.3, -0.25) is 4.79 Å². The van der Waals surface area contributed by atoms with E-state index in [1.807, 2.05) is 38.1 Å². The van der Waals surface area contributed by atoms with Crippen LogP contribution in [0.2, 0.25) is 5.02 Å². The van der Waals surface area contributed by atoms with Gasteiger partial charge in [0, 0.05) is 27.0 Å². The van der Waals surface area contributed by atoms with Crippen LogP contribution in [0.4, 0.5) is 5.00 Å². The number of methoxy groups -OCH3 is 1. The molecule has 0 saturated carbocycles. The first kappa shape index (κ1) is 18.8. The van der Waals surface area contributed by atoms with Crippen LogP contribution in [0.5, 0.6) is 0 Å². The zero-order valence-electron chi connectivity index (χ0n) is 13.6. The molecule has 0 aliphatic carbocycles. The Kier molecular flexibility index (Phi) is 6.71. The molecule has 0 radical (unpaired) electrons. The number of carbonyl (C=O) groups excluding carboxylic acids is 2. The van der Waals surface area contributed by atoms with Crippen LogP contribution in [0.15, 0.2) is 29.2 Å². The molecular weight excluding hydrogens is 366 g/mol. The second-order valence-corrected chi connectivity index (χ2v) is 7.91. The molecule has 0 spiro atoms. The Morgan fingerprint density at radius 1 is 1.25 bits per heavy atom. The maximum atomic E-state index is 12.1. The molecule has 4 nitrogen and oxygen atoms in total. The lowest BCUT2D eigenvalue weighted by atomic mass is 10.1. The van der Waals surface area contributed by atoms with E-state index in [0.29, 0.717) is 27.8 Å². The van der Waals surface area contributed by atoms with Crippen LogP contribution in [0.3, 0.4) is 0 Å². The average Bonchev–Trinajstić information content (AvgIpc) is 2.83. The number of aryl methyl sites for hydroxylation is 1. The number of esters is 1. The van der Waals surface area contributed by atoms with Crippen molar-refractivity contribution in [2.75, 3.05) is 18.2 Å². The Balaban J connectivity index is 1.94. The van der Waals surface area contributed by atoms with Crippen LogP contribution in [0, 0.1) is 13.8 Å². The predicted molar refractivity (Wildman–Crippen MR) is 101 cm³/mol. The van der Waals surface area contributed by atoms with Crippen molar-refractivity contribution in [3.63, 3.8) is 0 Å². The molecule has 7 heteroatoms. The van der Waals surface area contributed by atoms with Crippen molar-refractivity contribution < 1.29 is 14.3 Å². The lowest BCUT2D eigenvalue weighted by molar-refractivity contribution is -0.115. The fourth-order valence-corrected chi connectivity index (χ4v) is 4.09. The van der Waals surface area contributed by atoms with Gasteiger partial charge in [0.25, 0.3) is 0 Å². The molecular formula is C17H18ClNO3S2. The van der Waals surface area contributed by atoms with E-state index in [1.54, 1.807) is 11.8 Å². The van der Waals surface area contributed by atoms with Gasteiger partial charge in [0.05, 0.1) is 12.7 Å². The Bertz CT molecular complexity index is 741. The summed E-state index contributed by atoms with van der Waals surface area (Å²) in [6.45, 7) is 3.77. The summed E-state index contributed by atoms with van der Waals surface area (Å²) in [6.07, 6.45) is 0.351. The summed E-state index contributed by atoms with van der Waals surface area (Å²) in [6, 6.07) is 7.49. The van der Waals surface area contributed by atoms with Crippen molar-refractivity contribution >= 4 is 51.6 Å². The number of carbonyl (C=O) groups is 2. The molecule has 2 rings (SSSR count). The smallest absolute Gasteiger partial charge is 0.341 e. The lowest BCUT2D eigenvalue weighted by Crippen LogP contribution is -2.14. The normalized spacial score (nSPS) is 10.5. The molecule has 0 saturated heterocycles. The Hall–Kier alpha value is -1.50. The number of anilines is 1. The van der Waals surface area contributed by atoms with Crippen molar-refractivity contribution in [3.05, 3.63) is 45.3 Å². The summed E-state index contributed by atoms with van der Waals surface area (Å²) in [7, 11) is 1.34. The molecule has 1 amide bonds. The number of ether oxygens (including phenoxy) is 1. The lowest BCUT2D eigenvalue weighted by Gasteiger charge is -2.06. The third-order valence-electron chi connectivity index (χ3n) is 3.44. The minimum Gasteiger partial charge on any atom is -0.465 e. The van der Waals surface area contributed by atoms with E-state index in [9.17, 15) is 9.59 Å². The number of nitrogens with one attached hydrogen (secondary N) is 1. The Morgan fingerprint density at radius 2 is 1.92 bits per heavy atom. The summed E-state index contributed by atoms with van der Waals surface area (Å²) < 4.78 is 4.80. The first-order chi connectivity index (χ1) is 11.4. The highest BCUT2D eigenvalue weighted by Gasteiger charge is 2.21. The first-order valence-corrected chi connectivity index (χ1v) is 9.47. The predicted octanol–water partition coefficient (Wildman–Crippen LogP) is 4.93. The highest BCUT2D eigenvalue weighted by molar-refractivity contribution is 7.99. The molecule has 1 heterocycles. The van der Waals surface area contributed by atoms with Crippen LogP contribution in [-0.2, 0) is 9.53 Å². The van der Waals surface area contributed by atoms with Crippen molar-refractivity contribution in [2.24, 2.45) is 0 Å². The maximum Gasteiger partial charge on any atom is 0.341 e. The molecule has 2 aromatic rings. The Labute approximate surface area is 154 Å². The number of rotatable bonds is 6. The monoisotopic (exact) mass is 383 g/mol. The molecule has 1 aromatic carbocycles. The quantitative estimate of drug-likeness (QED) is 0.567. The summed E-state index contributed by atoms with van der Waals surface area (Å²) in [5.74, 6) is 0.0928. The number of thioether (sulfide) groups is 1. The molecule has 1 aromatic heterocycles. The third kappa shape index (κ3) is 4.75. The molecule has 24 heavy (non-hydrogen) atoms. The summed E-state index contributed by atoms with van der Waals surface area (Å²) in [5.41, 5.74) is 1.29. The molecule has 0 bridgehead atoms. The number of hydrogen-bond acceptors (Lipinski definition) is 5. The summed E-state index contributed by atoms with van der Waals surface area (Å²) >= 11 is 8.82. The van der Waals surface area contributed by atoms with E-state index < -0.39 is 5.97 Å². The van der Waals surface area contributed by atoms with Gasteiger partial charge in [0.1, 0.15) is 5.00 Å². The fourth-order valence-electron chi connectivity index (χ4n) is 2.04. The van der Waals surface area contributed by atoms with Crippen LogP contribution >= 0.6 is 34.7 Å². The van der Waals surface area contributed by atoms with Gasteiger partial charge in [-0.2, -0.15) is 0 Å². The number of amides is 1. The van der Waals surface area contributed by atoms with Gasteiger partial charge < -0.3 is 10.1 Å². The van der Waals surface area contributed by atoms with Crippen molar-refractivity contribution in [1.29, 1.82) is 0 Å². The fraction of sp³-hybridized carbons (Fsp3) is 0.294. The standard InChI is InChI=1S/C17H18ClNO3S2/c1-10-11(2)24-16(15(10)17(21)22-3)19-14(20)8-9-23-13-6-4-12(18)5-7-13/h4-7H,8-9H2,1-3H3,(H,19,20). The number of halogens is 1. The van der Waals surface area contributed by atoms with Crippen molar-refractivity contribution in [3.8, 4) is 0 Å². The van der Waals surface area contributed by atoms with Gasteiger partial charge >= 0.3 is 5.97 Å². The van der Waals surface area contributed by atoms with Gasteiger partial charge in [0.15, 0.2) is 0 Å². The number of benzene rings is 1. The number of hydrogen-bond donors (Lipinski definition) is 1. The highest BCUT2D eigenvalue weighted by atomic mass is 35.5. The molecule has 1 N–H and O–H groups in total. The summed E-state index contributed by atoms with van der Waals surface area (Å²) in [4.78, 5) is 26.1. The second-order valence-electron chi connectivity index (χ2n) is 5.08. The largest absolute Gasteiger partial charge is 0.465 e. The zero-order valence-corrected chi connectivity index (χ0v) is 16.0. The van der Waals surface area contributed by atoms with E-state index >= 15 is 0 Å². The average molecular weight is 384 g/mol. The van der Waals surface area contributed by atoms with Crippen molar-refractivity contribution in [2.45, 2.75) is 25.2 Å². The van der Waals surface area contributed by atoms with E-state index in [-0.39, 0.29) is 5.91 Å². The van der Waals surface area contributed by atoms with Gasteiger partial charge in [-0.1, -0.05) is 11.6 Å². The first-order valence-electron chi connectivity index (χ1n) is 7.29. The van der Waals surface area contributed by atoms with Crippen LogP contribution < -0.4 is 5.32 Å². The van der Waals surface area contributed by atoms with E-state index in [0.717, 1.165) is 15.3 Å². The molecule has 0 fully saturated rings. The van der Waals surface area contributed by atoms with Crippen molar-refractivity contribution in [1.82, 2.24) is 0 Å². The highest BCUT2D eigenvalue weighted by Crippen LogP contribution is 2.33. The molecule has 0 aliphatic heterocycles. The maximum absolute atomic E-state index is 12.1. The van der Waals surface area contributed by atoms with E-state index in [2.05, 4.69) is 5.32 Å². The molecule has 0 atom stereocenters. The molecule has 0 aliphatic rings. The molecule has 128 valence electrons. The minimum absolute atomic E-state index is 0.122. The Morgan fingerprint density at radius 3 is 2.54 bits per heavy atom. The summed E-state index contributed by atoms with van der Waals surface area (Å²) in [5, 5.41) is 4.07. The SMILES string of the molecule is COC(=O)c1c(NC(=O)CCSc2ccc(Cl)cc2)sc(C)c1C. The zero-order chi connectivity index (χ0) is 17.7. The number of thiophene rings is 1. The third-order valence-corrected chi connectivity index (χ3v) is 5.83. The van der Waals surface area contributed by atoms with E-state index in [4.69, 9.17) is 16.3 Å². The van der Waals surface area contributed by atoms with Crippen LogP contribution in [0.1, 0.15) is 27.2 Å². The molecule has 0 unspecified atom stereocenters. The van der Waals surface area contributed by atoms with Crippen LogP contribution in [0.25, 0.3) is 0 Å². The minimum atomic E-state index is -0.428. The van der Waals surface area contributed by atoms with Crippen LogP contribution in [-0.4, -0.2) is 24.7 Å². The van der Waals surface area contributed by atoms with E-state index in [1.165, 1.54) is 18.4 Å². The van der Waals surface area contributed by atoms with Gasteiger partial charge in [-0.25, -0.2) is 4.79 Å². The van der Waals surface area contributed by atoms with Gasteiger partial charge in [0.2, 0.25) is 5.91 Å².